The summed E-state index contributed by atoms with van der Waals surface area (Å²) in [7, 11) is 0. The molecule has 1 fully saturated rings. The van der Waals surface area contributed by atoms with Gasteiger partial charge in [-0.15, -0.1) is 0 Å². The van der Waals surface area contributed by atoms with Crippen molar-refractivity contribution in [3.63, 3.8) is 0 Å². The van der Waals surface area contributed by atoms with Crippen molar-refractivity contribution in [2.24, 2.45) is 11.8 Å². The Morgan fingerprint density at radius 3 is 2.94 bits per heavy atom. The second-order valence-corrected chi connectivity index (χ2v) is 5.72. The van der Waals surface area contributed by atoms with Crippen LogP contribution in [0.4, 0.5) is 0 Å². The molecule has 0 saturated carbocycles. The average Bonchev–Trinajstić information content (AvgIpc) is 2.83. The third-order valence-corrected chi connectivity index (χ3v) is 4.33. The van der Waals surface area contributed by atoms with Crippen LogP contribution in [0.1, 0.15) is 38.7 Å². The first-order valence-corrected chi connectivity index (χ1v) is 6.75. The fourth-order valence-corrected chi connectivity index (χ4v) is 3.31. The Morgan fingerprint density at radius 2 is 2.18 bits per heavy atom. The summed E-state index contributed by atoms with van der Waals surface area (Å²) in [6, 6.07) is 2.82. The molecule has 92 valence electrons. The topological polar surface area (TPSA) is 16.4 Å². The molecule has 3 unspecified atom stereocenters. The van der Waals surface area contributed by atoms with Crippen molar-refractivity contribution in [1.82, 2.24) is 4.90 Å². The number of piperidine rings is 1. The molecule has 3 heterocycles. The van der Waals surface area contributed by atoms with Gasteiger partial charge in [-0.3, -0.25) is 0 Å². The predicted molar refractivity (Wildman–Crippen MR) is 69.4 cm³/mol. The Hall–Kier alpha value is -1.18. The van der Waals surface area contributed by atoms with Crippen LogP contribution in [-0.2, 0) is 0 Å². The highest BCUT2D eigenvalue weighted by Crippen LogP contribution is 2.38. The third-order valence-electron chi connectivity index (χ3n) is 4.33. The van der Waals surface area contributed by atoms with E-state index in [0.29, 0.717) is 0 Å². The molecule has 1 aromatic rings. The number of rotatable bonds is 1. The molecule has 0 spiro atoms. The lowest BCUT2D eigenvalue weighted by Crippen LogP contribution is -2.46. The fraction of sp³-hybridized carbons (Fsp3) is 0.600. The van der Waals surface area contributed by atoms with Crippen molar-refractivity contribution in [3.8, 4) is 0 Å². The summed E-state index contributed by atoms with van der Waals surface area (Å²) in [6.07, 6.45) is 9.97. The zero-order chi connectivity index (χ0) is 11.8. The summed E-state index contributed by atoms with van der Waals surface area (Å²) in [5, 5.41) is 0. The molecule has 2 aliphatic rings. The molecule has 0 aromatic carbocycles. The van der Waals surface area contributed by atoms with Crippen molar-refractivity contribution >= 4 is 5.70 Å². The molecule has 0 radical (unpaired) electrons. The second kappa shape index (κ2) is 4.25. The Kier molecular flexibility index (Phi) is 2.73. The maximum Gasteiger partial charge on any atom is 0.0995 e. The SMILES string of the molecule is CC1CCC2C(C)CC=C(c3ccoc3)N2C1. The highest BCUT2D eigenvalue weighted by molar-refractivity contribution is 5.64. The maximum absolute atomic E-state index is 5.23. The number of nitrogens with zero attached hydrogens (tertiary/aromatic N) is 1. The molecular formula is C15H21NO. The number of fused-ring (bicyclic) bond motifs is 1. The normalized spacial score (nSPS) is 33.2. The van der Waals surface area contributed by atoms with Gasteiger partial charge < -0.3 is 9.32 Å². The largest absolute Gasteiger partial charge is 0.472 e. The Labute approximate surface area is 103 Å². The van der Waals surface area contributed by atoms with Gasteiger partial charge >= 0.3 is 0 Å². The Balaban J connectivity index is 1.92. The average molecular weight is 231 g/mol. The molecule has 2 nitrogen and oxygen atoms in total. The monoisotopic (exact) mass is 231 g/mol. The van der Waals surface area contributed by atoms with Gasteiger partial charge in [-0.2, -0.15) is 0 Å². The zero-order valence-corrected chi connectivity index (χ0v) is 10.7. The van der Waals surface area contributed by atoms with Gasteiger partial charge in [0.15, 0.2) is 0 Å². The molecule has 3 atom stereocenters. The van der Waals surface area contributed by atoms with Gasteiger partial charge in [0, 0.05) is 23.8 Å². The number of hydrogen-bond acceptors (Lipinski definition) is 2. The van der Waals surface area contributed by atoms with E-state index in [0.717, 1.165) is 17.9 Å². The quantitative estimate of drug-likeness (QED) is 0.731. The van der Waals surface area contributed by atoms with Crippen LogP contribution in [0.15, 0.2) is 29.1 Å². The molecule has 1 aromatic heterocycles. The molecule has 0 N–H and O–H groups in total. The molecule has 1 saturated heterocycles. The Morgan fingerprint density at radius 1 is 1.29 bits per heavy atom. The molecule has 3 rings (SSSR count). The van der Waals surface area contributed by atoms with Gasteiger partial charge in [0.2, 0.25) is 0 Å². The van der Waals surface area contributed by atoms with Crippen molar-refractivity contribution in [2.45, 2.75) is 39.2 Å². The third kappa shape index (κ3) is 1.90. The van der Waals surface area contributed by atoms with Gasteiger partial charge in [-0.05, 0) is 37.2 Å². The minimum Gasteiger partial charge on any atom is -0.472 e. The van der Waals surface area contributed by atoms with Gasteiger partial charge in [0.1, 0.15) is 0 Å². The summed E-state index contributed by atoms with van der Waals surface area (Å²) in [6.45, 7) is 5.95. The van der Waals surface area contributed by atoms with E-state index in [1.807, 2.05) is 6.26 Å². The van der Waals surface area contributed by atoms with Crippen LogP contribution >= 0.6 is 0 Å². The standard InChI is InChI=1S/C15H21NO/c1-11-3-5-14-12(2)4-6-15(16(14)9-11)13-7-8-17-10-13/h6-8,10-12,14H,3-5,9H2,1-2H3. The van der Waals surface area contributed by atoms with E-state index in [4.69, 9.17) is 4.42 Å². The number of furan rings is 1. The van der Waals surface area contributed by atoms with Gasteiger partial charge in [0.05, 0.1) is 12.5 Å². The number of allylic oxidation sites excluding steroid dienone is 1. The minimum atomic E-state index is 0.737. The van der Waals surface area contributed by atoms with Crippen LogP contribution in [-0.4, -0.2) is 17.5 Å². The van der Waals surface area contributed by atoms with Crippen LogP contribution < -0.4 is 0 Å². The van der Waals surface area contributed by atoms with Gasteiger partial charge in [-0.1, -0.05) is 19.9 Å². The minimum absolute atomic E-state index is 0.737. The van der Waals surface area contributed by atoms with Crippen molar-refractivity contribution in [3.05, 3.63) is 30.2 Å². The summed E-state index contributed by atoms with van der Waals surface area (Å²) in [5.74, 6) is 1.60. The van der Waals surface area contributed by atoms with Crippen LogP contribution in [0.25, 0.3) is 5.70 Å². The van der Waals surface area contributed by atoms with Crippen LogP contribution in [0.2, 0.25) is 0 Å². The van der Waals surface area contributed by atoms with E-state index in [9.17, 15) is 0 Å². The molecule has 0 bridgehead atoms. The van der Waals surface area contributed by atoms with Crippen LogP contribution in [0.3, 0.4) is 0 Å². The maximum atomic E-state index is 5.23. The first-order valence-electron chi connectivity index (χ1n) is 6.75. The first-order chi connectivity index (χ1) is 8.25. The van der Waals surface area contributed by atoms with Crippen LogP contribution in [0, 0.1) is 11.8 Å². The van der Waals surface area contributed by atoms with E-state index in [1.54, 1.807) is 6.26 Å². The van der Waals surface area contributed by atoms with E-state index in [-0.39, 0.29) is 0 Å². The highest BCUT2D eigenvalue weighted by atomic mass is 16.3. The lowest BCUT2D eigenvalue weighted by atomic mass is 9.82. The lowest BCUT2D eigenvalue weighted by Gasteiger charge is -2.46. The summed E-state index contributed by atoms with van der Waals surface area (Å²) < 4.78 is 5.23. The van der Waals surface area contributed by atoms with E-state index in [1.165, 1.54) is 37.1 Å². The molecule has 2 heteroatoms. The number of hydrogen-bond donors (Lipinski definition) is 0. The molecular weight excluding hydrogens is 210 g/mol. The summed E-state index contributed by atoms with van der Waals surface area (Å²) >= 11 is 0. The summed E-state index contributed by atoms with van der Waals surface area (Å²) in [4.78, 5) is 2.62. The molecule has 0 aliphatic carbocycles. The van der Waals surface area contributed by atoms with Gasteiger partial charge in [-0.25, -0.2) is 0 Å². The molecule has 17 heavy (non-hydrogen) atoms. The van der Waals surface area contributed by atoms with E-state index in [2.05, 4.69) is 30.9 Å². The summed E-state index contributed by atoms with van der Waals surface area (Å²) in [5.41, 5.74) is 2.64. The van der Waals surface area contributed by atoms with Crippen LogP contribution in [0.5, 0.6) is 0 Å². The van der Waals surface area contributed by atoms with Crippen molar-refractivity contribution in [1.29, 1.82) is 0 Å². The zero-order valence-electron chi connectivity index (χ0n) is 10.7. The lowest BCUT2D eigenvalue weighted by molar-refractivity contribution is 0.128. The smallest absolute Gasteiger partial charge is 0.0995 e. The van der Waals surface area contributed by atoms with E-state index < -0.39 is 0 Å². The van der Waals surface area contributed by atoms with Crippen molar-refractivity contribution < 1.29 is 4.42 Å². The van der Waals surface area contributed by atoms with Crippen molar-refractivity contribution in [2.75, 3.05) is 6.54 Å². The van der Waals surface area contributed by atoms with Gasteiger partial charge in [0.25, 0.3) is 0 Å². The highest BCUT2D eigenvalue weighted by Gasteiger charge is 2.34. The first kappa shape index (κ1) is 10.9. The fourth-order valence-electron chi connectivity index (χ4n) is 3.31. The molecule has 2 aliphatic heterocycles. The molecule has 0 amide bonds. The predicted octanol–water partition coefficient (Wildman–Crippen LogP) is 3.76. The Bertz CT molecular complexity index is 407. The second-order valence-electron chi connectivity index (χ2n) is 5.72. The van der Waals surface area contributed by atoms with E-state index >= 15 is 0 Å².